The second-order valence-corrected chi connectivity index (χ2v) is 7.16. The minimum absolute atomic E-state index is 0.0510. The van der Waals surface area contributed by atoms with E-state index in [1.54, 1.807) is 42.7 Å². The molecule has 0 atom stereocenters. The third-order valence-corrected chi connectivity index (χ3v) is 5.24. The second-order valence-electron chi connectivity index (χ2n) is 6.13. The van der Waals surface area contributed by atoms with Crippen LogP contribution in [0.5, 0.6) is 11.5 Å². The van der Waals surface area contributed by atoms with E-state index in [0.29, 0.717) is 11.4 Å². The van der Waals surface area contributed by atoms with Gasteiger partial charge in [-0.25, -0.2) is 9.37 Å². The molecule has 0 aliphatic carbocycles. The molecule has 0 saturated carbocycles. The zero-order valence-corrected chi connectivity index (χ0v) is 16.5. The quantitative estimate of drug-likeness (QED) is 0.320. The molecule has 0 radical (unpaired) electrons. The lowest BCUT2D eigenvalue weighted by Gasteiger charge is -2.02. The van der Waals surface area contributed by atoms with E-state index in [1.165, 1.54) is 0 Å². The molecule has 1 heterocycles. The molecular weight excluding hydrogens is 388 g/mol. The van der Waals surface area contributed by atoms with Gasteiger partial charge in [-0.2, -0.15) is 10.2 Å². The molecule has 5 nitrogen and oxygen atoms in total. The molecular formula is C22H18FN3O2S. The van der Waals surface area contributed by atoms with Gasteiger partial charge < -0.3 is 9.47 Å². The number of fused-ring (bicyclic) bond motifs is 1. The van der Waals surface area contributed by atoms with Crippen molar-refractivity contribution in [1.82, 2.24) is 4.98 Å². The summed E-state index contributed by atoms with van der Waals surface area (Å²) in [5.41, 5.74) is 3.42. The van der Waals surface area contributed by atoms with Gasteiger partial charge in [-0.05, 0) is 66.7 Å². The molecule has 29 heavy (non-hydrogen) atoms. The van der Waals surface area contributed by atoms with Crippen LogP contribution < -0.4 is 9.47 Å². The van der Waals surface area contributed by atoms with Crippen LogP contribution in [-0.4, -0.2) is 25.4 Å². The summed E-state index contributed by atoms with van der Waals surface area (Å²) in [6.07, 6.45) is 0. The number of thiazole rings is 1. The molecule has 0 unspecified atom stereocenters. The Labute approximate surface area is 171 Å². The lowest BCUT2D eigenvalue weighted by Crippen LogP contribution is -1.97. The number of aromatic nitrogens is 1. The number of nitrogens with zero attached hydrogens (tertiary/aromatic N) is 3. The van der Waals surface area contributed by atoms with Crippen LogP contribution in [0.25, 0.3) is 20.8 Å². The molecule has 0 amide bonds. The van der Waals surface area contributed by atoms with Gasteiger partial charge >= 0.3 is 0 Å². The van der Waals surface area contributed by atoms with Crippen molar-refractivity contribution in [2.24, 2.45) is 10.2 Å². The summed E-state index contributed by atoms with van der Waals surface area (Å²) in [5.74, 6) is 1.44. The van der Waals surface area contributed by atoms with Crippen LogP contribution in [0.1, 0.15) is 0 Å². The number of halogens is 1. The van der Waals surface area contributed by atoms with Crippen molar-refractivity contribution in [3.8, 4) is 22.1 Å². The van der Waals surface area contributed by atoms with Gasteiger partial charge in [-0.3, -0.25) is 0 Å². The minimum Gasteiger partial charge on any atom is -0.497 e. The highest BCUT2D eigenvalue weighted by Gasteiger charge is 2.07. The molecule has 0 fully saturated rings. The second kappa shape index (κ2) is 8.79. The topological polar surface area (TPSA) is 56.1 Å². The molecule has 0 aliphatic heterocycles. The molecule has 3 aromatic carbocycles. The molecule has 4 aromatic rings. The maximum absolute atomic E-state index is 12.1. The summed E-state index contributed by atoms with van der Waals surface area (Å²) in [6, 6.07) is 20.7. The molecule has 4 rings (SSSR count). The first-order chi connectivity index (χ1) is 14.2. The minimum atomic E-state index is -0.511. The van der Waals surface area contributed by atoms with Crippen molar-refractivity contribution < 1.29 is 13.9 Å². The van der Waals surface area contributed by atoms with Gasteiger partial charge in [0.15, 0.2) is 0 Å². The molecule has 0 bridgehead atoms. The highest BCUT2D eigenvalue weighted by Crippen LogP contribution is 2.33. The number of benzene rings is 3. The van der Waals surface area contributed by atoms with Crippen molar-refractivity contribution in [3.63, 3.8) is 0 Å². The van der Waals surface area contributed by atoms with E-state index >= 15 is 0 Å². The zero-order valence-electron chi connectivity index (χ0n) is 15.7. The van der Waals surface area contributed by atoms with Crippen LogP contribution in [-0.2, 0) is 0 Å². The molecule has 1 aromatic heterocycles. The summed E-state index contributed by atoms with van der Waals surface area (Å²) in [5, 5.41) is 9.43. The first-order valence-corrected chi connectivity index (χ1v) is 9.82. The van der Waals surface area contributed by atoms with E-state index in [9.17, 15) is 4.39 Å². The zero-order chi connectivity index (χ0) is 20.1. The number of hydrogen-bond donors (Lipinski definition) is 0. The number of azo groups is 1. The molecule has 7 heteroatoms. The van der Waals surface area contributed by atoms with Gasteiger partial charge in [0, 0.05) is 5.56 Å². The maximum atomic E-state index is 12.1. The van der Waals surface area contributed by atoms with E-state index in [1.807, 2.05) is 42.5 Å². The summed E-state index contributed by atoms with van der Waals surface area (Å²) in [7, 11) is 1.66. The van der Waals surface area contributed by atoms with Gasteiger partial charge in [0.25, 0.3) is 0 Å². The Morgan fingerprint density at radius 1 is 0.897 bits per heavy atom. The van der Waals surface area contributed by atoms with Crippen molar-refractivity contribution in [1.29, 1.82) is 0 Å². The SMILES string of the molecule is COc1ccc2nc(-c3ccc(N=Nc4ccc(OCC[18F])cc4)cc3)sc2c1. The maximum Gasteiger partial charge on any atom is 0.124 e. The fourth-order valence-electron chi connectivity index (χ4n) is 2.71. The predicted molar refractivity (Wildman–Crippen MR) is 114 cm³/mol. The number of alkyl halides is 1. The Morgan fingerprint density at radius 2 is 1.55 bits per heavy atom. The fraction of sp³-hybridized carbons (Fsp3) is 0.136. The molecule has 0 spiro atoms. The van der Waals surface area contributed by atoms with Crippen LogP contribution in [0, 0.1) is 0 Å². The molecule has 146 valence electrons. The van der Waals surface area contributed by atoms with Gasteiger partial charge in [0.2, 0.25) is 0 Å². The average Bonchev–Trinajstić information content (AvgIpc) is 3.20. The van der Waals surface area contributed by atoms with E-state index in [4.69, 9.17) is 9.47 Å². The van der Waals surface area contributed by atoms with Crippen molar-refractivity contribution >= 4 is 32.9 Å². The van der Waals surface area contributed by atoms with Crippen molar-refractivity contribution in [2.45, 2.75) is 0 Å². The lowest BCUT2D eigenvalue weighted by molar-refractivity contribution is 0.273. The molecule has 0 N–H and O–H groups in total. The Bertz CT molecular complexity index is 1130. The first kappa shape index (κ1) is 19.0. The third kappa shape index (κ3) is 4.57. The van der Waals surface area contributed by atoms with Crippen LogP contribution in [0.3, 0.4) is 0 Å². The van der Waals surface area contributed by atoms with E-state index in [0.717, 1.165) is 32.2 Å². The molecule has 0 aliphatic rings. The third-order valence-electron chi connectivity index (χ3n) is 4.17. The van der Waals surface area contributed by atoms with E-state index in [2.05, 4.69) is 15.2 Å². The van der Waals surface area contributed by atoms with Gasteiger partial charge in [-0.1, -0.05) is 0 Å². The van der Waals surface area contributed by atoms with Gasteiger partial charge in [0.05, 0.1) is 28.7 Å². The first-order valence-electron chi connectivity index (χ1n) is 9.01. The van der Waals surface area contributed by atoms with Crippen molar-refractivity contribution in [3.05, 3.63) is 66.7 Å². The average molecular weight is 406 g/mol. The smallest absolute Gasteiger partial charge is 0.124 e. The lowest BCUT2D eigenvalue weighted by atomic mass is 10.2. The highest BCUT2D eigenvalue weighted by atomic mass is 32.1. The van der Waals surface area contributed by atoms with Gasteiger partial charge in [-0.15, -0.1) is 11.3 Å². The van der Waals surface area contributed by atoms with Crippen molar-refractivity contribution in [2.75, 3.05) is 20.4 Å². The van der Waals surface area contributed by atoms with E-state index in [-0.39, 0.29) is 6.61 Å². The fourth-order valence-corrected chi connectivity index (χ4v) is 3.71. The van der Waals surface area contributed by atoms with Gasteiger partial charge in [0.1, 0.15) is 29.8 Å². The summed E-state index contributed by atoms with van der Waals surface area (Å²) < 4.78 is 23.7. The summed E-state index contributed by atoms with van der Waals surface area (Å²) in [6.45, 7) is -0.460. The molecule has 0 saturated heterocycles. The Kier molecular flexibility index (Phi) is 5.76. The highest BCUT2D eigenvalue weighted by molar-refractivity contribution is 7.21. The Balaban J connectivity index is 1.47. The van der Waals surface area contributed by atoms with E-state index < -0.39 is 6.67 Å². The van der Waals surface area contributed by atoms with Crippen LogP contribution in [0.4, 0.5) is 15.8 Å². The summed E-state index contributed by atoms with van der Waals surface area (Å²) in [4.78, 5) is 4.68. The number of hydrogen-bond acceptors (Lipinski definition) is 6. The van der Waals surface area contributed by atoms with Crippen LogP contribution in [0.2, 0.25) is 0 Å². The monoisotopic (exact) mass is 406 g/mol. The predicted octanol–water partition coefficient (Wildman–Crippen LogP) is 6.74. The number of ether oxygens (including phenoxy) is 2. The largest absolute Gasteiger partial charge is 0.497 e. The normalized spacial score (nSPS) is 11.2. The van der Waals surface area contributed by atoms with Crippen LogP contribution >= 0.6 is 11.3 Å². The van der Waals surface area contributed by atoms with Crippen LogP contribution in [0.15, 0.2) is 77.0 Å². The Morgan fingerprint density at radius 3 is 2.21 bits per heavy atom. The standard InChI is InChI=1S/C22H18FN3O2S/c1-27-19-10-11-20-21(14-19)29-22(24-20)15-2-4-16(5-3-15)25-26-17-6-8-18(9-7-17)28-13-12-23/h2-11,14H,12-13H2,1H3/i23-1. The number of rotatable bonds is 7. The number of methoxy groups -OCH3 is 1. The Hall–Kier alpha value is -3.32. The summed E-state index contributed by atoms with van der Waals surface area (Å²) >= 11 is 1.62.